The van der Waals surface area contributed by atoms with Gasteiger partial charge >= 0.3 is 0 Å². The summed E-state index contributed by atoms with van der Waals surface area (Å²) in [5.74, 6) is 0.179. The van der Waals surface area contributed by atoms with E-state index in [0.29, 0.717) is 12.3 Å². The van der Waals surface area contributed by atoms with Crippen molar-refractivity contribution in [2.24, 2.45) is 0 Å². The summed E-state index contributed by atoms with van der Waals surface area (Å²) in [6.07, 6.45) is 5.50. The molecular weight excluding hydrogens is 329 g/mol. The Bertz CT molecular complexity index is 1040. The van der Waals surface area contributed by atoms with E-state index in [1.165, 1.54) is 39.7 Å². The molecule has 26 heavy (non-hydrogen) atoms. The second-order valence-corrected chi connectivity index (χ2v) is 7.00. The highest BCUT2D eigenvalue weighted by atomic mass is 19.1. The first-order valence-electron chi connectivity index (χ1n) is 8.82. The third-order valence-electron chi connectivity index (χ3n) is 5.17. The Kier molecular flexibility index (Phi) is 4.15. The number of aryl methyl sites for hydroxylation is 2. The average Bonchev–Trinajstić information content (AvgIpc) is 2.62. The summed E-state index contributed by atoms with van der Waals surface area (Å²) in [5.41, 5.74) is 5.46. The van der Waals surface area contributed by atoms with Crippen molar-refractivity contribution in [2.75, 3.05) is 0 Å². The first-order valence-corrected chi connectivity index (χ1v) is 8.82. The summed E-state index contributed by atoms with van der Waals surface area (Å²) in [7, 11) is 0. The highest BCUT2D eigenvalue weighted by Gasteiger charge is 2.25. The molecule has 2 aromatic heterocycles. The van der Waals surface area contributed by atoms with Crippen molar-refractivity contribution in [3.8, 4) is 5.82 Å². The first kappa shape index (κ1) is 16.6. The van der Waals surface area contributed by atoms with Crippen molar-refractivity contribution < 1.29 is 4.39 Å². The van der Waals surface area contributed by atoms with Crippen molar-refractivity contribution >= 4 is 0 Å². The number of pyridine rings is 1. The minimum absolute atomic E-state index is 0.195. The fourth-order valence-electron chi connectivity index (χ4n) is 3.87. The summed E-state index contributed by atoms with van der Waals surface area (Å²) in [5, 5.41) is 4.24. The predicted molar refractivity (Wildman–Crippen MR) is 98.3 cm³/mol. The third-order valence-corrected chi connectivity index (χ3v) is 5.17. The van der Waals surface area contributed by atoms with Crippen molar-refractivity contribution in [1.29, 1.82) is 0 Å². The lowest BCUT2D eigenvalue weighted by molar-refractivity contribution is 0.564. The van der Waals surface area contributed by atoms with Gasteiger partial charge in [-0.3, -0.25) is 4.79 Å². The summed E-state index contributed by atoms with van der Waals surface area (Å²) < 4.78 is 14.6. The molecule has 132 valence electrons. The van der Waals surface area contributed by atoms with Gasteiger partial charge in [0, 0.05) is 17.8 Å². The average molecular weight is 349 g/mol. The largest absolute Gasteiger partial charge is 0.276 e. The zero-order valence-electron chi connectivity index (χ0n) is 14.9. The van der Waals surface area contributed by atoms with E-state index in [-0.39, 0.29) is 11.4 Å². The van der Waals surface area contributed by atoms with Gasteiger partial charge in [0.2, 0.25) is 0 Å². The first-order chi connectivity index (χ1) is 12.5. The molecular formula is C21H20FN3O. The van der Waals surface area contributed by atoms with Crippen molar-refractivity contribution in [3.05, 3.63) is 86.7 Å². The zero-order chi connectivity index (χ0) is 18.3. The molecule has 1 atom stereocenters. The van der Waals surface area contributed by atoms with Crippen molar-refractivity contribution in [2.45, 2.75) is 39.0 Å². The molecule has 2 heterocycles. The van der Waals surface area contributed by atoms with Gasteiger partial charge in [-0.2, -0.15) is 9.78 Å². The highest BCUT2D eigenvalue weighted by molar-refractivity contribution is 5.37. The smallest absolute Gasteiger partial charge is 0.267 e. The van der Waals surface area contributed by atoms with Crippen LogP contribution < -0.4 is 5.56 Å². The van der Waals surface area contributed by atoms with Crippen LogP contribution in [0.2, 0.25) is 0 Å². The highest BCUT2D eigenvalue weighted by Crippen LogP contribution is 2.33. The van der Waals surface area contributed by atoms with Gasteiger partial charge in [0.25, 0.3) is 5.56 Å². The fraction of sp³-hybridized carbons (Fsp3) is 0.286. The van der Waals surface area contributed by atoms with Crippen LogP contribution in [0.3, 0.4) is 0 Å². The molecule has 1 unspecified atom stereocenters. The van der Waals surface area contributed by atoms with Gasteiger partial charge in [0.15, 0.2) is 5.82 Å². The van der Waals surface area contributed by atoms with E-state index in [4.69, 9.17) is 0 Å². The van der Waals surface area contributed by atoms with Crippen molar-refractivity contribution in [1.82, 2.24) is 14.8 Å². The molecule has 0 radical (unpaired) electrons. The number of rotatable bonds is 2. The molecule has 0 aliphatic heterocycles. The normalized spacial score (nSPS) is 16.3. The molecule has 0 saturated carbocycles. The Morgan fingerprint density at radius 1 is 1.19 bits per heavy atom. The van der Waals surface area contributed by atoms with E-state index in [2.05, 4.69) is 42.1 Å². The SMILES string of the molecule is Cc1ccc(C2CCc3c(cnn(-c4cc(F)ccn4)c3=O)C2)c(C)c1. The summed E-state index contributed by atoms with van der Waals surface area (Å²) in [6.45, 7) is 4.24. The van der Waals surface area contributed by atoms with E-state index < -0.39 is 5.82 Å². The zero-order valence-corrected chi connectivity index (χ0v) is 14.9. The minimum atomic E-state index is -0.434. The van der Waals surface area contributed by atoms with E-state index in [0.717, 1.165) is 24.0 Å². The summed E-state index contributed by atoms with van der Waals surface area (Å²) in [6, 6.07) is 9.02. The second-order valence-electron chi connectivity index (χ2n) is 7.00. The quantitative estimate of drug-likeness (QED) is 0.709. The van der Waals surface area contributed by atoms with Gasteiger partial charge in [-0.1, -0.05) is 23.8 Å². The van der Waals surface area contributed by atoms with E-state index >= 15 is 0 Å². The monoisotopic (exact) mass is 349 g/mol. The Labute approximate surface area is 151 Å². The standard InChI is InChI=1S/C21H20FN3O/c1-13-3-5-18(14(2)9-13)15-4-6-19-16(10-15)12-24-25(21(19)26)20-11-17(22)7-8-23-20/h3,5,7-9,11-12,15H,4,6,10H2,1-2H3. The Hall–Kier alpha value is -2.82. The summed E-state index contributed by atoms with van der Waals surface area (Å²) in [4.78, 5) is 16.9. The van der Waals surface area contributed by atoms with Crippen LogP contribution in [-0.4, -0.2) is 14.8 Å². The molecule has 0 spiro atoms. The lowest BCUT2D eigenvalue weighted by Crippen LogP contribution is -2.30. The number of aromatic nitrogens is 3. The number of fused-ring (bicyclic) bond motifs is 1. The van der Waals surface area contributed by atoms with Gasteiger partial charge in [-0.15, -0.1) is 0 Å². The van der Waals surface area contributed by atoms with Crippen LogP contribution >= 0.6 is 0 Å². The maximum Gasteiger partial charge on any atom is 0.276 e. The molecule has 1 aliphatic carbocycles. The Morgan fingerprint density at radius 2 is 2.04 bits per heavy atom. The molecule has 4 rings (SSSR count). The predicted octanol–water partition coefficient (Wildman–Crippen LogP) is 3.66. The number of hydrogen-bond donors (Lipinski definition) is 0. The molecule has 0 fully saturated rings. The third kappa shape index (κ3) is 2.94. The van der Waals surface area contributed by atoms with Gasteiger partial charge in [-0.25, -0.2) is 9.37 Å². The maximum absolute atomic E-state index is 13.4. The molecule has 0 N–H and O–H groups in total. The van der Waals surface area contributed by atoms with Crippen LogP contribution in [0.15, 0.2) is 47.5 Å². The second kappa shape index (κ2) is 6.48. The van der Waals surface area contributed by atoms with Crippen LogP contribution in [0.5, 0.6) is 0 Å². The number of nitrogens with zero attached hydrogens (tertiary/aromatic N) is 3. The maximum atomic E-state index is 13.4. The topological polar surface area (TPSA) is 47.8 Å². The molecule has 0 saturated heterocycles. The molecule has 5 heteroatoms. The Morgan fingerprint density at radius 3 is 2.81 bits per heavy atom. The van der Waals surface area contributed by atoms with E-state index in [1.807, 2.05) is 0 Å². The van der Waals surface area contributed by atoms with Crippen LogP contribution in [0.25, 0.3) is 5.82 Å². The van der Waals surface area contributed by atoms with Crippen LogP contribution in [0.1, 0.15) is 40.2 Å². The molecule has 0 bridgehead atoms. The minimum Gasteiger partial charge on any atom is -0.267 e. The number of benzene rings is 1. The van der Waals surface area contributed by atoms with Crippen LogP contribution in [0, 0.1) is 19.7 Å². The molecule has 3 aromatic rings. The van der Waals surface area contributed by atoms with Gasteiger partial charge < -0.3 is 0 Å². The van der Waals surface area contributed by atoms with Crippen LogP contribution in [0.4, 0.5) is 4.39 Å². The lowest BCUT2D eigenvalue weighted by Gasteiger charge is -2.26. The van der Waals surface area contributed by atoms with Crippen LogP contribution in [-0.2, 0) is 12.8 Å². The number of hydrogen-bond acceptors (Lipinski definition) is 3. The van der Waals surface area contributed by atoms with Gasteiger partial charge in [-0.05, 0) is 61.8 Å². The fourth-order valence-corrected chi connectivity index (χ4v) is 3.87. The van der Waals surface area contributed by atoms with E-state index in [1.54, 1.807) is 6.20 Å². The Balaban J connectivity index is 1.69. The molecule has 4 nitrogen and oxygen atoms in total. The summed E-state index contributed by atoms with van der Waals surface area (Å²) >= 11 is 0. The molecule has 1 aliphatic rings. The molecule has 1 aromatic carbocycles. The van der Waals surface area contributed by atoms with E-state index in [9.17, 15) is 9.18 Å². The van der Waals surface area contributed by atoms with Crippen molar-refractivity contribution in [3.63, 3.8) is 0 Å². The number of halogens is 1. The molecule has 0 amide bonds. The van der Waals surface area contributed by atoms with Gasteiger partial charge in [0.05, 0.1) is 6.20 Å². The lowest BCUT2D eigenvalue weighted by atomic mass is 9.79. The van der Waals surface area contributed by atoms with Gasteiger partial charge in [0.1, 0.15) is 5.82 Å².